The number of hydrogen-bond acceptors (Lipinski definition) is 5. The monoisotopic (exact) mass is 477 g/mol. The highest BCUT2D eigenvalue weighted by Crippen LogP contribution is 2.37. The Balaban J connectivity index is 1.34. The zero-order valence-corrected chi connectivity index (χ0v) is 20.5. The number of anilines is 2. The van der Waals surface area contributed by atoms with Crippen LogP contribution in [-0.2, 0) is 6.42 Å². The highest BCUT2D eigenvalue weighted by Gasteiger charge is 2.29. The van der Waals surface area contributed by atoms with Gasteiger partial charge in [-0.15, -0.1) is 0 Å². The van der Waals surface area contributed by atoms with Crippen LogP contribution in [0.4, 0.5) is 17.2 Å². The summed E-state index contributed by atoms with van der Waals surface area (Å²) in [4.78, 5) is 28.5. The Bertz CT molecular complexity index is 1510. The van der Waals surface area contributed by atoms with Gasteiger partial charge in [0.1, 0.15) is 5.82 Å². The molecule has 0 unspecified atom stereocenters. The number of pyridine rings is 1. The van der Waals surface area contributed by atoms with Crippen molar-refractivity contribution in [3.05, 3.63) is 83.1 Å². The van der Waals surface area contributed by atoms with E-state index in [0.717, 1.165) is 60.9 Å². The van der Waals surface area contributed by atoms with Gasteiger partial charge >= 0.3 is 0 Å². The highest BCUT2D eigenvalue weighted by atomic mass is 16.2. The summed E-state index contributed by atoms with van der Waals surface area (Å²) in [6.45, 7) is 13.6. The third-order valence-corrected chi connectivity index (χ3v) is 7.35. The number of aromatic nitrogens is 3. The smallest absolute Gasteiger partial charge is 0.261 e. The maximum Gasteiger partial charge on any atom is 0.261 e. The molecule has 1 fully saturated rings. The van der Waals surface area contributed by atoms with Gasteiger partial charge in [0.2, 0.25) is 0 Å². The van der Waals surface area contributed by atoms with Crippen LogP contribution in [0.5, 0.6) is 0 Å². The van der Waals surface area contributed by atoms with Gasteiger partial charge in [-0.3, -0.25) is 4.79 Å². The van der Waals surface area contributed by atoms with Gasteiger partial charge in [-0.2, -0.15) is 5.10 Å². The SMILES string of the molecule is [C-]#[N+]c1ccc(-n2ncc(C(=O)N3CCc4cc5ccnc(N6CCN(C)CC6)c5cc43)c2C)cc1. The molecule has 0 radical (unpaired) electrons. The maximum absolute atomic E-state index is 13.7. The second-order valence-electron chi connectivity index (χ2n) is 9.52. The Labute approximate surface area is 210 Å². The molecule has 0 bridgehead atoms. The molecule has 6 rings (SSSR count). The van der Waals surface area contributed by atoms with Crippen LogP contribution in [0.3, 0.4) is 0 Å². The number of amides is 1. The van der Waals surface area contributed by atoms with Gasteiger partial charge in [-0.05, 0) is 61.7 Å². The van der Waals surface area contributed by atoms with Crippen LogP contribution in [0.15, 0.2) is 54.9 Å². The lowest BCUT2D eigenvalue weighted by molar-refractivity contribution is 0.0989. The predicted molar refractivity (Wildman–Crippen MR) is 141 cm³/mol. The van der Waals surface area contributed by atoms with Crippen LogP contribution in [0.25, 0.3) is 21.3 Å². The topological polar surface area (TPSA) is 61.9 Å². The largest absolute Gasteiger partial charge is 0.354 e. The molecule has 2 aliphatic heterocycles. The zero-order chi connectivity index (χ0) is 24.8. The third kappa shape index (κ3) is 3.69. The summed E-state index contributed by atoms with van der Waals surface area (Å²) in [5.41, 5.74) is 4.92. The number of benzene rings is 2. The lowest BCUT2D eigenvalue weighted by Gasteiger charge is -2.33. The molecule has 0 atom stereocenters. The molecule has 8 heteroatoms. The Kier molecular flexibility index (Phi) is 5.42. The fraction of sp³-hybridized carbons (Fsp3) is 0.286. The first-order chi connectivity index (χ1) is 17.5. The molecule has 0 N–H and O–H groups in total. The number of carbonyl (C=O) groups is 1. The quantitative estimate of drug-likeness (QED) is 0.413. The van der Waals surface area contributed by atoms with Crippen LogP contribution < -0.4 is 9.80 Å². The minimum atomic E-state index is -0.0420. The van der Waals surface area contributed by atoms with Crippen molar-refractivity contribution in [1.82, 2.24) is 19.7 Å². The van der Waals surface area contributed by atoms with E-state index in [1.54, 1.807) is 23.0 Å². The van der Waals surface area contributed by atoms with E-state index in [4.69, 9.17) is 11.6 Å². The number of nitrogens with zero attached hydrogens (tertiary/aromatic N) is 7. The average Bonchev–Trinajstić information content (AvgIpc) is 3.50. The Morgan fingerprint density at radius 1 is 1.03 bits per heavy atom. The van der Waals surface area contributed by atoms with Crippen LogP contribution in [0.1, 0.15) is 21.6 Å². The Morgan fingerprint density at radius 3 is 2.56 bits per heavy atom. The van der Waals surface area contributed by atoms with Gasteiger partial charge in [0.15, 0.2) is 5.69 Å². The first kappa shape index (κ1) is 22.3. The molecule has 1 saturated heterocycles. The van der Waals surface area contributed by atoms with Crippen molar-refractivity contribution >= 4 is 33.9 Å². The standard InChI is InChI=1S/C28H27N7O/c1-19-25(18-31-35(19)23-6-4-22(29-2)5-7-23)28(36)34-11-9-21-16-20-8-10-30-27(24(20)17-26(21)34)33-14-12-32(3)13-15-33/h4-8,10,16-18H,9,11-15H2,1,3H3. The van der Waals surface area contributed by atoms with Gasteiger partial charge in [0, 0.05) is 50.0 Å². The van der Waals surface area contributed by atoms with Crippen molar-refractivity contribution in [3.63, 3.8) is 0 Å². The highest BCUT2D eigenvalue weighted by molar-refractivity contribution is 6.09. The fourth-order valence-electron chi connectivity index (χ4n) is 5.22. The van der Waals surface area contributed by atoms with Gasteiger partial charge in [-0.25, -0.2) is 14.5 Å². The molecule has 1 amide bonds. The van der Waals surface area contributed by atoms with E-state index >= 15 is 0 Å². The molecule has 8 nitrogen and oxygen atoms in total. The van der Waals surface area contributed by atoms with E-state index in [9.17, 15) is 4.79 Å². The van der Waals surface area contributed by atoms with Crippen molar-refractivity contribution in [2.75, 3.05) is 49.6 Å². The summed E-state index contributed by atoms with van der Waals surface area (Å²) in [6, 6.07) is 13.7. The predicted octanol–water partition coefficient (Wildman–Crippen LogP) is 4.23. The van der Waals surface area contributed by atoms with E-state index in [1.807, 2.05) is 30.2 Å². The molecule has 2 aromatic heterocycles. The number of rotatable bonds is 3. The number of hydrogen-bond donors (Lipinski definition) is 0. The van der Waals surface area contributed by atoms with Crippen LogP contribution in [0.2, 0.25) is 0 Å². The van der Waals surface area contributed by atoms with Gasteiger partial charge in [0.05, 0.1) is 29.7 Å². The maximum atomic E-state index is 13.7. The summed E-state index contributed by atoms with van der Waals surface area (Å²) in [6.07, 6.45) is 4.37. The van der Waals surface area contributed by atoms with E-state index in [1.165, 1.54) is 10.9 Å². The average molecular weight is 478 g/mol. The van der Waals surface area contributed by atoms with Crippen molar-refractivity contribution in [2.24, 2.45) is 0 Å². The Hall–Kier alpha value is -4.22. The summed E-state index contributed by atoms with van der Waals surface area (Å²) >= 11 is 0. The molecule has 180 valence electrons. The van der Waals surface area contributed by atoms with Crippen LogP contribution in [0, 0.1) is 13.5 Å². The normalized spacial score (nSPS) is 15.8. The molecule has 2 aliphatic rings. The molecule has 4 aromatic rings. The Morgan fingerprint density at radius 2 is 1.81 bits per heavy atom. The summed E-state index contributed by atoms with van der Waals surface area (Å²) in [7, 11) is 2.15. The van der Waals surface area contributed by atoms with Gasteiger partial charge in [0.25, 0.3) is 5.91 Å². The van der Waals surface area contributed by atoms with E-state index in [2.05, 4.69) is 45.0 Å². The lowest BCUT2D eigenvalue weighted by Crippen LogP contribution is -2.44. The van der Waals surface area contributed by atoms with Gasteiger partial charge < -0.3 is 14.7 Å². The molecule has 2 aromatic carbocycles. The second kappa shape index (κ2) is 8.77. The molecular weight excluding hydrogens is 450 g/mol. The molecule has 0 saturated carbocycles. The molecule has 36 heavy (non-hydrogen) atoms. The number of piperazine rings is 1. The van der Waals surface area contributed by atoms with E-state index < -0.39 is 0 Å². The minimum Gasteiger partial charge on any atom is -0.354 e. The first-order valence-electron chi connectivity index (χ1n) is 12.2. The summed E-state index contributed by atoms with van der Waals surface area (Å²) < 4.78 is 1.76. The first-order valence-corrected chi connectivity index (χ1v) is 12.2. The lowest BCUT2D eigenvalue weighted by atomic mass is 10.0. The molecular formula is C28H27N7O. The van der Waals surface area contributed by atoms with Crippen LogP contribution >= 0.6 is 0 Å². The summed E-state index contributed by atoms with van der Waals surface area (Å²) in [5.74, 6) is 0.953. The zero-order valence-electron chi connectivity index (χ0n) is 20.5. The van der Waals surface area contributed by atoms with E-state index in [-0.39, 0.29) is 5.91 Å². The molecule has 0 spiro atoms. The van der Waals surface area contributed by atoms with Crippen molar-refractivity contribution in [3.8, 4) is 5.69 Å². The molecule has 4 heterocycles. The number of carbonyl (C=O) groups excluding carboxylic acids is 1. The third-order valence-electron chi connectivity index (χ3n) is 7.35. The van der Waals surface area contributed by atoms with Crippen molar-refractivity contribution in [1.29, 1.82) is 0 Å². The summed E-state index contributed by atoms with van der Waals surface area (Å²) in [5, 5.41) is 6.75. The number of likely N-dealkylation sites (N-methyl/N-ethyl adjacent to an activating group) is 1. The van der Waals surface area contributed by atoms with Crippen molar-refractivity contribution < 1.29 is 4.79 Å². The van der Waals surface area contributed by atoms with Gasteiger partial charge in [-0.1, -0.05) is 12.1 Å². The number of fused-ring (bicyclic) bond motifs is 2. The minimum absolute atomic E-state index is 0.0420. The van der Waals surface area contributed by atoms with E-state index in [0.29, 0.717) is 17.8 Å². The molecule has 0 aliphatic carbocycles. The fourth-order valence-corrected chi connectivity index (χ4v) is 5.22. The van der Waals surface area contributed by atoms with Crippen LogP contribution in [-0.4, -0.2) is 65.3 Å². The second-order valence-corrected chi connectivity index (χ2v) is 9.52. The van der Waals surface area contributed by atoms with Crippen molar-refractivity contribution in [2.45, 2.75) is 13.3 Å².